The Hall–Kier alpha value is -2.82. The van der Waals surface area contributed by atoms with E-state index in [1.165, 1.54) is 18.4 Å². The molecule has 0 bridgehead atoms. The number of nitrogens with one attached hydrogen (secondary N) is 2. The van der Waals surface area contributed by atoms with Gasteiger partial charge in [-0.2, -0.15) is 0 Å². The largest absolute Gasteiger partial charge is 0.496 e. The molecule has 1 aromatic heterocycles. The average Bonchev–Trinajstić information content (AvgIpc) is 3.35. The molecule has 134 valence electrons. The SMILES string of the molecule is COc1ccccc1C1(CNC(=O)c2ccc3nc[nH]c3c2)CCCC1. The number of nitrogens with zero attached hydrogens (tertiary/aromatic N) is 1. The van der Waals surface area contributed by atoms with Crippen LogP contribution in [0.3, 0.4) is 0 Å². The molecule has 5 nitrogen and oxygen atoms in total. The normalized spacial score (nSPS) is 15.9. The van der Waals surface area contributed by atoms with Gasteiger partial charge in [0.25, 0.3) is 5.91 Å². The van der Waals surface area contributed by atoms with Crippen LogP contribution in [0.2, 0.25) is 0 Å². The van der Waals surface area contributed by atoms with Crippen LogP contribution in [0.5, 0.6) is 5.75 Å². The number of hydrogen-bond donors (Lipinski definition) is 2. The predicted molar refractivity (Wildman–Crippen MR) is 102 cm³/mol. The number of benzene rings is 2. The van der Waals surface area contributed by atoms with Crippen LogP contribution in [-0.4, -0.2) is 29.5 Å². The van der Waals surface area contributed by atoms with E-state index in [-0.39, 0.29) is 11.3 Å². The molecule has 5 heteroatoms. The van der Waals surface area contributed by atoms with Gasteiger partial charge in [-0.3, -0.25) is 4.79 Å². The second-order valence-corrected chi connectivity index (χ2v) is 7.00. The zero-order valence-electron chi connectivity index (χ0n) is 14.9. The molecule has 1 amide bonds. The number of carbonyl (C=O) groups excluding carboxylic acids is 1. The lowest BCUT2D eigenvalue weighted by atomic mass is 9.78. The predicted octanol–water partition coefficient (Wildman–Crippen LogP) is 3.81. The van der Waals surface area contributed by atoms with Crippen molar-refractivity contribution < 1.29 is 9.53 Å². The van der Waals surface area contributed by atoms with Crippen molar-refractivity contribution in [1.29, 1.82) is 0 Å². The monoisotopic (exact) mass is 349 g/mol. The molecule has 0 atom stereocenters. The summed E-state index contributed by atoms with van der Waals surface area (Å²) in [6, 6.07) is 13.7. The number of imidazole rings is 1. The molecule has 0 saturated heterocycles. The molecule has 0 unspecified atom stereocenters. The fraction of sp³-hybridized carbons (Fsp3) is 0.333. The van der Waals surface area contributed by atoms with E-state index in [2.05, 4.69) is 21.4 Å². The summed E-state index contributed by atoms with van der Waals surface area (Å²) in [7, 11) is 1.71. The Morgan fingerprint density at radius 1 is 1.23 bits per heavy atom. The van der Waals surface area contributed by atoms with E-state index in [1.54, 1.807) is 13.4 Å². The first-order valence-corrected chi connectivity index (χ1v) is 9.07. The second-order valence-electron chi connectivity index (χ2n) is 7.00. The Bertz CT molecular complexity index is 926. The van der Waals surface area contributed by atoms with Gasteiger partial charge in [0.1, 0.15) is 5.75 Å². The van der Waals surface area contributed by atoms with E-state index in [0.29, 0.717) is 12.1 Å². The van der Waals surface area contributed by atoms with Crippen LogP contribution in [0.15, 0.2) is 48.8 Å². The van der Waals surface area contributed by atoms with E-state index in [9.17, 15) is 4.79 Å². The number of H-pyrrole nitrogens is 1. The Labute approximate surface area is 152 Å². The fourth-order valence-corrected chi connectivity index (χ4v) is 4.10. The van der Waals surface area contributed by atoms with Gasteiger partial charge < -0.3 is 15.0 Å². The van der Waals surface area contributed by atoms with Crippen molar-refractivity contribution in [3.05, 3.63) is 59.9 Å². The van der Waals surface area contributed by atoms with Gasteiger partial charge in [-0.05, 0) is 37.1 Å². The van der Waals surface area contributed by atoms with Gasteiger partial charge >= 0.3 is 0 Å². The topological polar surface area (TPSA) is 67.0 Å². The molecule has 0 radical (unpaired) electrons. The third-order valence-corrected chi connectivity index (χ3v) is 5.51. The highest BCUT2D eigenvalue weighted by molar-refractivity contribution is 5.97. The summed E-state index contributed by atoms with van der Waals surface area (Å²) in [5.41, 5.74) is 3.53. The maximum atomic E-state index is 12.7. The molecule has 2 aromatic carbocycles. The minimum absolute atomic E-state index is 0.0531. The minimum Gasteiger partial charge on any atom is -0.496 e. The van der Waals surface area contributed by atoms with Gasteiger partial charge in [0, 0.05) is 23.1 Å². The quantitative estimate of drug-likeness (QED) is 0.736. The number of aromatic amines is 1. The Balaban J connectivity index is 1.56. The van der Waals surface area contributed by atoms with E-state index in [0.717, 1.165) is 29.6 Å². The molecule has 1 aliphatic rings. The highest BCUT2D eigenvalue weighted by Crippen LogP contribution is 2.44. The standard InChI is InChI=1S/C21H23N3O2/c1-26-19-7-3-2-6-16(19)21(10-4-5-11-21)13-22-20(25)15-8-9-17-18(12-15)24-14-23-17/h2-3,6-9,12,14H,4-5,10-11,13H2,1H3,(H,22,25)(H,23,24). The molecular weight excluding hydrogens is 326 g/mol. The van der Waals surface area contributed by atoms with Crippen molar-refractivity contribution in [1.82, 2.24) is 15.3 Å². The molecule has 3 aromatic rings. The number of fused-ring (bicyclic) bond motifs is 1. The van der Waals surface area contributed by atoms with Crippen molar-refractivity contribution >= 4 is 16.9 Å². The molecule has 1 saturated carbocycles. The number of carbonyl (C=O) groups is 1. The smallest absolute Gasteiger partial charge is 0.251 e. The second kappa shape index (κ2) is 6.83. The first-order chi connectivity index (χ1) is 12.7. The van der Waals surface area contributed by atoms with E-state index >= 15 is 0 Å². The number of rotatable bonds is 5. The molecule has 1 heterocycles. The van der Waals surface area contributed by atoms with Crippen LogP contribution in [0.4, 0.5) is 0 Å². The molecule has 0 aliphatic heterocycles. The van der Waals surface area contributed by atoms with Gasteiger partial charge in [-0.15, -0.1) is 0 Å². The van der Waals surface area contributed by atoms with Crippen LogP contribution < -0.4 is 10.1 Å². The summed E-state index contributed by atoms with van der Waals surface area (Å²) in [6.07, 6.45) is 6.12. The number of para-hydroxylation sites is 1. The van der Waals surface area contributed by atoms with Crippen molar-refractivity contribution in [2.24, 2.45) is 0 Å². The van der Waals surface area contributed by atoms with Crippen LogP contribution >= 0.6 is 0 Å². The fourth-order valence-electron chi connectivity index (χ4n) is 4.10. The summed E-state index contributed by atoms with van der Waals surface area (Å²) in [6.45, 7) is 0.618. The molecule has 1 fully saturated rings. The number of hydrogen-bond acceptors (Lipinski definition) is 3. The summed E-state index contributed by atoms with van der Waals surface area (Å²) in [5.74, 6) is 0.852. The van der Waals surface area contributed by atoms with Gasteiger partial charge in [-0.25, -0.2) is 4.98 Å². The van der Waals surface area contributed by atoms with Crippen molar-refractivity contribution in [2.75, 3.05) is 13.7 Å². The van der Waals surface area contributed by atoms with E-state index in [4.69, 9.17) is 4.74 Å². The average molecular weight is 349 g/mol. The summed E-state index contributed by atoms with van der Waals surface area (Å²) in [5, 5.41) is 3.16. The lowest BCUT2D eigenvalue weighted by Gasteiger charge is -2.31. The van der Waals surface area contributed by atoms with Gasteiger partial charge in [-0.1, -0.05) is 31.0 Å². The lowest BCUT2D eigenvalue weighted by Crippen LogP contribution is -2.39. The maximum absolute atomic E-state index is 12.7. The number of methoxy groups -OCH3 is 1. The van der Waals surface area contributed by atoms with E-state index < -0.39 is 0 Å². The summed E-state index contributed by atoms with van der Waals surface area (Å²) >= 11 is 0. The Morgan fingerprint density at radius 3 is 2.85 bits per heavy atom. The Kier molecular flexibility index (Phi) is 4.37. The highest BCUT2D eigenvalue weighted by atomic mass is 16.5. The van der Waals surface area contributed by atoms with Crippen molar-refractivity contribution in [3.8, 4) is 5.75 Å². The molecule has 26 heavy (non-hydrogen) atoms. The van der Waals surface area contributed by atoms with Crippen LogP contribution in [0, 0.1) is 0 Å². The van der Waals surface area contributed by atoms with Crippen molar-refractivity contribution in [2.45, 2.75) is 31.1 Å². The van der Waals surface area contributed by atoms with Crippen LogP contribution in [0.25, 0.3) is 11.0 Å². The first kappa shape index (κ1) is 16.6. The molecule has 1 aliphatic carbocycles. The third kappa shape index (κ3) is 2.94. The molecule has 0 spiro atoms. The lowest BCUT2D eigenvalue weighted by molar-refractivity contribution is 0.0943. The first-order valence-electron chi connectivity index (χ1n) is 9.07. The molecule has 2 N–H and O–H groups in total. The van der Waals surface area contributed by atoms with Crippen molar-refractivity contribution in [3.63, 3.8) is 0 Å². The summed E-state index contributed by atoms with van der Waals surface area (Å²) in [4.78, 5) is 20.0. The van der Waals surface area contributed by atoms with Gasteiger partial charge in [0.15, 0.2) is 0 Å². The zero-order chi connectivity index (χ0) is 18.0. The van der Waals surface area contributed by atoms with Crippen LogP contribution in [0.1, 0.15) is 41.6 Å². The van der Waals surface area contributed by atoms with Gasteiger partial charge in [0.05, 0.1) is 24.5 Å². The minimum atomic E-state index is -0.0552. The Morgan fingerprint density at radius 2 is 2.04 bits per heavy atom. The third-order valence-electron chi connectivity index (χ3n) is 5.51. The number of ether oxygens (including phenoxy) is 1. The number of amides is 1. The van der Waals surface area contributed by atoms with E-state index in [1.807, 2.05) is 36.4 Å². The molecule has 4 rings (SSSR count). The summed E-state index contributed by atoms with van der Waals surface area (Å²) < 4.78 is 5.59. The molecular formula is C21H23N3O2. The maximum Gasteiger partial charge on any atom is 0.251 e. The highest BCUT2D eigenvalue weighted by Gasteiger charge is 2.38. The van der Waals surface area contributed by atoms with Crippen LogP contribution in [-0.2, 0) is 5.41 Å². The number of aromatic nitrogens is 2. The van der Waals surface area contributed by atoms with Gasteiger partial charge in [0.2, 0.25) is 0 Å². The zero-order valence-corrected chi connectivity index (χ0v) is 14.9.